The summed E-state index contributed by atoms with van der Waals surface area (Å²) in [6.07, 6.45) is 0.253. The van der Waals surface area contributed by atoms with Crippen LogP contribution in [0.3, 0.4) is 0 Å². The molecule has 1 saturated heterocycles. The second kappa shape index (κ2) is 14.7. The van der Waals surface area contributed by atoms with Gasteiger partial charge < -0.3 is 25.6 Å². The van der Waals surface area contributed by atoms with Gasteiger partial charge in [0.05, 0.1) is 19.2 Å². The van der Waals surface area contributed by atoms with Gasteiger partial charge in [-0.05, 0) is 41.3 Å². The smallest absolute Gasteiger partial charge is 0.406 e. The summed E-state index contributed by atoms with van der Waals surface area (Å²) in [5.74, 6) is -0.773. The Bertz CT molecular complexity index is 1460. The Kier molecular flexibility index (Phi) is 10.5. The van der Waals surface area contributed by atoms with E-state index < -0.39 is 24.2 Å². The molecule has 2 aliphatic heterocycles. The number of carbonyl (C=O) groups is 3. The Labute approximate surface area is 261 Å². The number of nitrogens with one attached hydrogen (secondary N) is 3. The fourth-order valence-corrected chi connectivity index (χ4v) is 6.00. The number of halogens is 2. The molecule has 5 rings (SSSR count). The number of amides is 3. The number of alkyl carbamates (subject to hydrolysis) is 1. The molecule has 11 heteroatoms. The molecule has 1 fully saturated rings. The van der Waals surface area contributed by atoms with Crippen molar-refractivity contribution in [1.82, 2.24) is 25.8 Å². The van der Waals surface area contributed by atoms with Crippen molar-refractivity contribution in [3.05, 3.63) is 106 Å². The summed E-state index contributed by atoms with van der Waals surface area (Å²) < 4.78 is 19.5. The second-order valence-corrected chi connectivity index (χ2v) is 11.5. The minimum atomic E-state index is -0.780. The normalized spacial score (nSPS) is 18.1. The molecule has 3 amide bonds. The third-order valence-electron chi connectivity index (χ3n) is 8.32. The van der Waals surface area contributed by atoms with Crippen LogP contribution in [0.4, 0.5) is 9.18 Å². The van der Waals surface area contributed by atoms with Crippen molar-refractivity contribution in [2.75, 3.05) is 39.8 Å². The Morgan fingerprint density at radius 1 is 0.977 bits per heavy atom. The fourth-order valence-electron chi connectivity index (χ4n) is 5.88. The predicted molar refractivity (Wildman–Crippen MR) is 166 cm³/mol. The number of rotatable bonds is 9. The average molecular weight is 622 g/mol. The molecule has 9 nitrogen and oxygen atoms in total. The number of hydrogen-bond acceptors (Lipinski definition) is 6. The van der Waals surface area contributed by atoms with Crippen LogP contribution in [-0.2, 0) is 33.7 Å². The Hall–Kier alpha value is -3.99. The largest absolute Gasteiger partial charge is 0.453 e. The van der Waals surface area contributed by atoms with Gasteiger partial charge in [-0.1, -0.05) is 66.2 Å². The molecule has 1 unspecified atom stereocenters. The molecule has 3 atom stereocenters. The van der Waals surface area contributed by atoms with Crippen LogP contribution in [0.5, 0.6) is 0 Å². The third kappa shape index (κ3) is 7.74. The van der Waals surface area contributed by atoms with Gasteiger partial charge in [-0.3, -0.25) is 14.5 Å². The lowest BCUT2D eigenvalue weighted by molar-refractivity contribution is -0.138. The van der Waals surface area contributed by atoms with Gasteiger partial charge in [-0.15, -0.1) is 0 Å². The molecule has 3 aromatic carbocycles. The highest BCUT2D eigenvalue weighted by atomic mass is 35.5. The molecule has 44 heavy (non-hydrogen) atoms. The molecule has 0 bridgehead atoms. The van der Waals surface area contributed by atoms with Gasteiger partial charge in [0.25, 0.3) is 0 Å². The monoisotopic (exact) mass is 621 g/mol. The number of piperazine rings is 1. The van der Waals surface area contributed by atoms with E-state index in [0.717, 1.165) is 11.1 Å². The standard InChI is InChI=1S/C33H37ClFN5O4/c1-44-33(43)37-21-30(26-8-4-5-9-27(26)35)39-14-16-40(17-15-39)32(42)29(18-22-10-12-25(34)13-11-22)38-31(41)28-19-23-6-2-3-7-24(23)20-36-28/h2-13,28-30,36H,14-21H2,1H3,(H,37,43)(H,38,41)/t28-,29-,30?/m1/s1. The van der Waals surface area contributed by atoms with Crippen LogP contribution in [0.2, 0.25) is 5.02 Å². The van der Waals surface area contributed by atoms with E-state index in [2.05, 4.69) is 16.0 Å². The van der Waals surface area contributed by atoms with E-state index in [1.165, 1.54) is 18.7 Å². The summed E-state index contributed by atoms with van der Waals surface area (Å²) in [5.41, 5.74) is 3.62. The van der Waals surface area contributed by atoms with Gasteiger partial charge in [-0.2, -0.15) is 0 Å². The minimum absolute atomic E-state index is 0.147. The third-order valence-corrected chi connectivity index (χ3v) is 8.57. The average Bonchev–Trinajstić information content (AvgIpc) is 3.05. The topological polar surface area (TPSA) is 103 Å². The summed E-state index contributed by atoms with van der Waals surface area (Å²) in [6, 6.07) is 20.1. The van der Waals surface area contributed by atoms with E-state index >= 15 is 0 Å². The van der Waals surface area contributed by atoms with E-state index in [-0.39, 0.29) is 24.2 Å². The molecule has 3 N–H and O–H groups in total. The van der Waals surface area contributed by atoms with Gasteiger partial charge in [0, 0.05) is 56.3 Å². The number of benzene rings is 3. The summed E-state index contributed by atoms with van der Waals surface area (Å²) in [4.78, 5) is 43.0. The summed E-state index contributed by atoms with van der Waals surface area (Å²) >= 11 is 6.09. The maximum Gasteiger partial charge on any atom is 0.406 e. The molecule has 0 aromatic heterocycles. The number of carbonyl (C=O) groups excluding carboxylic acids is 3. The predicted octanol–water partition coefficient (Wildman–Crippen LogP) is 3.46. The van der Waals surface area contributed by atoms with Crippen LogP contribution in [0, 0.1) is 5.82 Å². The van der Waals surface area contributed by atoms with Crippen molar-refractivity contribution in [3.63, 3.8) is 0 Å². The lowest BCUT2D eigenvalue weighted by Gasteiger charge is -2.40. The lowest BCUT2D eigenvalue weighted by atomic mass is 9.95. The molecule has 3 aromatic rings. The number of ether oxygens (including phenoxy) is 1. The molecular weight excluding hydrogens is 585 g/mol. The zero-order valence-corrected chi connectivity index (χ0v) is 25.4. The molecule has 2 heterocycles. The first-order valence-electron chi connectivity index (χ1n) is 14.8. The van der Waals surface area contributed by atoms with Gasteiger partial charge in [0.1, 0.15) is 11.9 Å². The summed E-state index contributed by atoms with van der Waals surface area (Å²) in [6.45, 7) is 2.40. The first kappa shape index (κ1) is 31.4. The van der Waals surface area contributed by atoms with E-state index in [4.69, 9.17) is 16.3 Å². The van der Waals surface area contributed by atoms with Gasteiger partial charge in [0.15, 0.2) is 0 Å². The highest BCUT2D eigenvalue weighted by Gasteiger charge is 2.34. The van der Waals surface area contributed by atoms with Gasteiger partial charge in [-0.25, -0.2) is 9.18 Å². The van der Waals surface area contributed by atoms with Crippen molar-refractivity contribution in [1.29, 1.82) is 0 Å². The highest BCUT2D eigenvalue weighted by molar-refractivity contribution is 6.30. The van der Waals surface area contributed by atoms with Crippen molar-refractivity contribution in [3.8, 4) is 0 Å². The van der Waals surface area contributed by atoms with Crippen molar-refractivity contribution in [2.24, 2.45) is 0 Å². The maximum atomic E-state index is 14.8. The first-order valence-corrected chi connectivity index (χ1v) is 15.1. The SMILES string of the molecule is COC(=O)NCC(c1ccccc1F)N1CCN(C(=O)[C@@H](Cc2ccc(Cl)cc2)NC(=O)[C@H]2Cc3ccccc3CN2)CC1. The van der Waals surface area contributed by atoms with Crippen molar-refractivity contribution < 1.29 is 23.5 Å². The van der Waals surface area contributed by atoms with E-state index in [9.17, 15) is 18.8 Å². The minimum Gasteiger partial charge on any atom is -0.453 e. The molecule has 0 spiro atoms. The van der Waals surface area contributed by atoms with Crippen LogP contribution >= 0.6 is 11.6 Å². The molecule has 0 aliphatic carbocycles. The number of hydrogen-bond donors (Lipinski definition) is 3. The number of nitrogens with zero attached hydrogens (tertiary/aromatic N) is 2. The van der Waals surface area contributed by atoms with E-state index in [0.29, 0.717) is 56.2 Å². The van der Waals surface area contributed by atoms with Crippen LogP contribution in [-0.4, -0.2) is 79.6 Å². The van der Waals surface area contributed by atoms with Crippen molar-refractivity contribution in [2.45, 2.75) is 37.5 Å². The molecule has 232 valence electrons. The number of fused-ring (bicyclic) bond motifs is 1. The Morgan fingerprint density at radius 3 is 2.36 bits per heavy atom. The highest BCUT2D eigenvalue weighted by Crippen LogP contribution is 2.25. The first-order chi connectivity index (χ1) is 21.3. The summed E-state index contributed by atoms with van der Waals surface area (Å²) in [5, 5.41) is 9.61. The Morgan fingerprint density at radius 2 is 1.66 bits per heavy atom. The summed E-state index contributed by atoms with van der Waals surface area (Å²) in [7, 11) is 1.28. The van der Waals surface area contributed by atoms with E-state index in [1.54, 1.807) is 35.2 Å². The molecular formula is C33H37ClFN5O4. The maximum absolute atomic E-state index is 14.8. The second-order valence-electron chi connectivity index (χ2n) is 11.1. The fraction of sp³-hybridized carbons (Fsp3) is 0.364. The Balaban J connectivity index is 1.28. The van der Waals surface area contributed by atoms with Crippen LogP contribution in [0.25, 0.3) is 0 Å². The van der Waals surface area contributed by atoms with Crippen LogP contribution in [0.15, 0.2) is 72.8 Å². The number of methoxy groups -OCH3 is 1. The van der Waals surface area contributed by atoms with Crippen LogP contribution in [0.1, 0.15) is 28.3 Å². The molecule has 2 aliphatic rings. The van der Waals surface area contributed by atoms with Crippen molar-refractivity contribution >= 4 is 29.5 Å². The zero-order valence-electron chi connectivity index (χ0n) is 24.6. The zero-order chi connectivity index (χ0) is 31.1. The van der Waals surface area contributed by atoms with E-state index in [1.807, 2.05) is 41.3 Å². The van der Waals surface area contributed by atoms with Gasteiger partial charge >= 0.3 is 6.09 Å². The molecule has 0 saturated carbocycles. The molecule has 0 radical (unpaired) electrons. The lowest BCUT2D eigenvalue weighted by Crippen LogP contribution is -2.58. The van der Waals surface area contributed by atoms with Crippen LogP contribution < -0.4 is 16.0 Å². The van der Waals surface area contributed by atoms with Gasteiger partial charge in [0.2, 0.25) is 11.8 Å². The quantitative estimate of drug-likeness (QED) is 0.338.